The molecule has 0 spiro atoms. The van der Waals surface area contributed by atoms with Crippen molar-refractivity contribution < 1.29 is 9.84 Å². The van der Waals surface area contributed by atoms with Gasteiger partial charge in [0, 0.05) is 18.8 Å². The number of anilines is 1. The van der Waals surface area contributed by atoms with Crippen molar-refractivity contribution in [1.29, 1.82) is 0 Å². The predicted octanol–water partition coefficient (Wildman–Crippen LogP) is 1.74. The van der Waals surface area contributed by atoms with E-state index in [0.29, 0.717) is 13.2 Å². The molecule has 0 aliphatic rings. The Morgan fingerprint density at radius 3 is 2.39 bits per heavy atom. The van der Waals surface area contributed by atoms with E-state index in [1.165, 1.54) is 0 Å². The molecule has 0 atom stereocenters. The normalized spacial score (nSPS) is 11.8. The fraction of sp³-hybridized carbons (Fsp3) is 0.571. The highest BCUT2D eigenvalue weighted by Gasteiger charge is 2.16. The molecule has 0 amide bonds. The Hall–Kier alpha value is -1.26. The van der Waals surface area contributed by atoms with Gasteiger partial charge in [0.1, 0.15) is 12.4 Å². The van der Waals surface area contributed by atoms with Gasteiger partial charge in [-0.2, -0.15) is 0 Å². The summed E-state index contributed by atoms with van der Waals surface area (Å²) in [5, 5.41) is 9.77. The Bertz CT molecular complexity index is 344. The zero-order valence-electron chi connectivity index (χ0n) is 11.5. The molecule has 0 aromatic heterocycles. The highest BCUT2D eigenvalue weighted by atomic mass is 16.5. The number of nitrogen functional groups attached to an aromatic ring is 1. The van der Waals surface area contributed by atoms with E-state index in [0.717, 1.165) is 24.5 Å². The summed E-state index contributed by atoms with van der Waals surface area (Å²) in [7, 11) is 0. The first-order valence-electron chi connectivity index (χ1n) is 6.34. The third-order valence-corrected chi connectivity index (χ3v) is 2.61. The summed E-state index contributed by atoms with van der Waals surface area (Å²) in [6.45, 7) is 8.66. The van der Waals surface area contributed by atoms with Gasteiger partial charge in [0.05, 0.1) is 5.60 Å². The molecule has 0 aliphatic heterocycles. The third-order valence-electron chi connectivity index (χ3n) is 2.61. The number of rotatable bonds is 7. The van der Waals surface area contributed by atoms with Gasteiger partial charge in [0.2, 0.25) is 0 Å². The van der Waals surface area contributed by atoms with Crippen molar-refractivity contribution in [2.75, 3.05) is 32.0 Å². The monoisotopic (exact) mass is 252 g/mol. The molecule has 1 aromatic carbocycles. The molecule has 1 aromatic rings. The molecule has 0 aliphatic carbocycles. The van der Waals surface area contributed by atoms with Gasteiger partial charge in [0.15, 0.2) is 0 Å². The molecule has 0 bridgehead atoms. The average molecular weight is 252 g/mol. The Morgan fingerprint density at radius 2 is 1.89 bits per heavy atom. The largest absolute Gasteiger partial charge is 0.492 e. The number of nitrogens with zero attached hydrogens (tertiary/aromatic N) is 1. The van der Waals surface area contributed by atoms with Crippen molar-refractivity contribution in [3.63, 3.8) is 0 Å². The Kier molecular flexibility index (Phi) is 5.44. The molecule has 102 valence electrons. The Labute approximate surface area is 109 Å². The van der Waals surface area contributed by atoms with Gasteiger partial charge < -0.3 is 15.6 Å². The Morgan fingerprint density at radius 1 is 1.28 bits per heavy atom. The SMILES string of the molecule is CCN(CCOc1ccc(N)cc1)CC(C)(C)O. The highest BCUT2D eigenvalue weighted by Crippen LogP contribution is 2.13. The summed E-state index contributed by atoms with van der Waals surface area (Å²) in [5.74, 6) is 0.823. The van der Waals surface area contributed by atoms with E-state index in [-0.39, 0.29) is 0 Å². The quantitative estimate of drug-likeness (QED) is 0.726. The van der Waals surface area contributed by atoms with Gasteiger partial charge in [-0.1, -0.05) is 6.92 Å². The number of nitrogens with two attached hydrogens (primary N) is 1. The zero-order chi connectivity index (χ0) is 13.6. The van der Waals surface area contributed by atoms with Crippen LogP contribution in [-0.2, 0) is 0 Å². The van der Waals surface area contributed by atoms with E-state index < -0.39 is 5.60 Å². The molecule has 18 heavy (non-hydrogen) atoms. The van der Waals surface area contributed by atoms with Crippen LogP contribution >= 0.6 is 0 Å². The van der Waals surface area contributed by atoms with Crippen LogP contribution in [0.4, 0.5) is 5.69 Å². The van der Waals surface area contributed by atoms with Gasteiger partial charge in [-0.3, -0.25) is 4.90 Å². The second-order valence-corrected chi connectivity index (χ2v) is 5.10. The van der Waals surface area contributed by atoms with Crippen LogP contribution in [0.25, 0.3) is 0 Å². The van der Waals surface area contributed by atoms with E-state index >= 15 is 0 Å². The van der Waals surface area contributed by atoms with E-state index in [4.69, 9.17) is 10.5 Å². The fourth-order valence-electron chi connectivity index (χ4n) is 1.75. The van der Waals surface area contributed by atoms with Crippen molar-refractivity contribution in [3.05, 3.63) is 24.3 Å². The van der Waals surface area contributed by atoms with Crippen LogP contribution in [0.2, 0.25) is 0 Å². The first-order chi connectivity index (χ1) is 8.40. The van der Waals surface area contributed by atoms with Gasteiger partial charge in [-0.25, -0.2) is 0 Å². The van der Waals surface area contributed by atoms with Gasteiger partial charge >= 0.3 is 0 Å². The first-order valence-corrected chi connectivity index (χ1v) is 6.34. The van der Waals surface area contributed by atoms with Gasteiger partial charge in [0.25, 0.3) is 0 Å². The molecule has 1 rings (SSSR count). The molecule has 0 heterocycles. The van der Waals surface area contributed by atoms with Crippen LogP contribution in [0.3, 0.4) is 0 Å². The van der Waals surface area contributed by atoms with Crippen molar-refractivity contribution >= 4 is 5.69 Å². The Balaban J connectivity index is 2.33. The van der Waals surface area contributed by atoms with E-state index in [9.17, 15) is 5.11 Å². The van der Waals surface area contributed by atoms with Gasteiger partial charge in [-0.15, -0.1) is 0 Å². The van der Waals surface area contributed by atoms with Crippen molar-refractivity contribution in [3.8, 4) is 5.75 Å². The standard InChI is InChI=1S/C14H24N2O2/c1-4-16(11-14(2,3)17)9-10-18-13-7-5-12(15)6-8-13/h5-8,17H,4,9-11,15H2,1-3H3. The maximum absolute atomic E-state index is 9.77. The molecule has 0 unspecified atom stereocenters. The minimum Gasteiger partial charge on any atom is -0.492 e. The lowest BCUT2D eigenvalue weighted by Crippen LogP contribution is -2.40. The van der Waals surface area contributed by atoms with Crippen LogP contribution in [0, 0.1) is 0 Å². The molecular formula is C14H24N2O2. The fourth-order valence-corrected chi connectivity index (χ4v) is 1.75. The lowest BCUT2D eigenvalue weighted by molar-refractivity contribution is 0.0340. The molecule has 0 saturated heterocycles. The molecule has 3 N–H and O–H groups in total. The second kappa shape index (κ2) is 6.61. The number of benzene rings is 1. The van der Waals surface area contributed by atoms with Crippen LogP contribution in [0.15, 0.2) is 24.3 Å². The van der Waals surface area contributed by atoms with E-state index in [2.05, 4.69) is 11.8 Å². The number of likely N-dealkylation sites (N-methyl/N-ethyl adjacent to an activating group) is 1. The summed E-state index contributed by atoms with van der Waals surface area (Å²) in [4.78, 5) is 2.16. The minimum atomic E-state index is -0.669. The zero-order valence-corrected chi connectivity index (χ0v) is 11.5. The number of aliphatic hydroxyl groups is 1. The van der Waals surface area contributed by atoms with Crippen LogP contribution in [0.5, 0.6) is 5.75 Å². The second-order valence-electron chi connectivity index (χ2n) is 5.10. The lowest BCUT2D eigenvalue weighted by atomic mass is 10.1. The molecule has 4 nitrogen and oxygen atoms in total. The van der Waals surface area contributed by atoms with Crippen LogP contribution in [0.1, 0.15) is 20.8 Å². The van der Waals surface area contributed by atoms with E-state index in [1.807, 2.05) is 38.1 Å². The predicted molar refractivity (Wildman–Crippen MR) is 74.8 cm³/mol. The number of ether oxygens (including phenoxy) is 1. The molecule has 0 fully saturated rings. The maximum atomic E-state index is 9.77. The third kappa shape index (κ3) is 5.89. The van der Waals surface area contributed by atoms with Crippen molar-refractivity contribution in [2.24, 2.45) is 0 Å². The first kappa shape index (κ1) is 14.8. The topological polar surface area (TPSA) is 58.7 Å². The van der Waals surface area contributed by atoms with Gasteiger partial charge in [-0.05, 0) is 44.7 Å². The van der Waals surface area contributed by atoms with Crippen molar-refractivity contribution in [2.45, 2.75) is 26.4 Å². The van der Waals surface area contributed by atoms with Crippen molar-refractivity contribution in [1.82, 2.24) is 4.90 Å². The number of hydrogen-bond donors (Lipinski definition) is 2. The smallest absolute Gasteiger partial charge is 0.119 e. The molecule has 0 saturated carbocycles. The maximum Gasteiger partial charge on any atom is 0.119 e. The average Bonchev–Trinajstić information content (AvgIpc) is 2.29. The number of hydrogen-bond acceptors (Lipinski definition) is 4. The van der Waals surface area contributed by atoms with E-state index in [1.54, 1.807) is 0 Å². The molecule has 0 radical (unpaired) electrons. The molecular weight excluding hydrogens is 228 g/mol. The highest BCUT2D eigenvalue weighted by molar-refractivity contribution is 5.41. The lowest BCUT2D eigenvalue weighted by Gasteiger charge is -2.27. The molecule has 4 heteroatoms. The summed E-state index contributed by atoms with van der Waals surface area (Å²) in [5.41, 5.74) is 5.67. The summed E-state index contributed by atoms with van der Waals surface area (Å²) < 4.78 is 5.63. The summed E-state index contributed by atoms with van der Waals surface area (Å²) >= 11 is 0. The summed E-state index contributed by atoms with van der Waals surface area (Å²) in [6.07, 6.45) is 0. The van der Waals surface area contributed by atoms with Crippen LogP contribution in [-0.4, -0.2) is 41.8 Å². The summed E-state index contributed by atoms with van der Waals surface area (Å²) in [6, 6.07) is 7.37. The van der Waals surface area contributed by atoms with Crippen LogP contribution < -0.4 is 10.5 Å². The minimum absolute atomic E-state index is 0.605.